The average Bonchev–Trinajstić information content (AvgIpc) is 2.90. The number of rotatable bonds is 2. The lowest BCUT2D eigenvalue weighted by molar-refractivity contribution is 0.307. The van der Waals surface area contributed by atoms with Gasteiger partial charge in [-0.25, -0.2) is 5.01 Å². The Hall–Kier alpha value is -2.02. The molecule has 0 saturated heterocycles. The maximum atomic E-state index is 5.70. The third-order valence-corrected chi connectivity index (χ3v) is 2.37. The van der Waals surface area contributed by atoms with Crippen molar-refractivity contribution in [2.45, 2.75) is 0 Å². The number of nitrogens with zero attached hydrogens (tertiary/aromatic N) is 4. The molecule has 0 atom stereocenters. The SMILES string of the molecule is NC(=NN1CC=CC1)N=C(N)NN1CC=CC1. The fourth-order valence-corrected chi connectivity index (χ4v) is 1.60. The van der Waals surface area contributed by atoms with Crippen molar-refractivity contribution in [3.8, 4) is 0 Å². The molecule has 2 aliphatic rings. The van der Waals surface area contributed by atoms with E-state index in [9.17, 15) is 0 Å². The summed E-state index contributed by atoms with van der Waals surface area (Å²) < 4.78 is 0. The molecular weight excluding hydrogens is 218 g/mol. The van der Waals surface area contributed by atoms with E-state index in [1.807, 2.05) is 34.3 Å². The maximum Gasteiger partial charge on any atom is 0.240 e. The summed E-state index contributed by atoms with van der Waals surface area (Å²) in [7, 11) is 0. The fraction of sp³-hybridized carbons (Fsp3) is 0.400. The van der Waals surface area contributed by atoms with Crippen LogP contribution in [0, 0.1) is 0 Å². The van der Waals surface area contributed by atoms with Crippen LogP contribution in [0.3, 0.4) is 0 Å². The first-order valence-corrected chi connectivity index (χ1v) is 5.49. The lowest BCUT2D eigenvalue weighted by atomic mass is 10.6. The van der Waals surface area contributed by atoms with Crippen molar-refractivity contribution < 1.29 is 0 Å². The highest BCUT2D eigenvalue weighted by atomic mass is 15.5. The van der Waals surface area contributed by atoms with Gasteiger partial charge in [0, 0.05) is 13.1 Å². The Morgan fingerprint density at radius 2 is 1.59 bits per heavy atom. The molecule has 0 fully saturated rings. The quantitative estimate of drug-likeness (QED) is 0.317. The van der Waals surface area contributed by atoms with Gasteiger partial charge in [-0.2, -0.15) is 4.99 Å². The number of nitrogens with two attached hydrogens (primary N) is 2. The first-order valence-electron chi connectivity index (χ1n) is 5.49. The lowest BCUT2D eigenvalue weighted by Gasteiger charge is -2.16. The van der Waals surface area contributed by atoms with Crippen LogP contribution in [0.2, 0.25) is 0 Å². The van der Waals surface area contributed by atoms with Gasteiger partial charge < -0.3 is 11.5 Å². The van der Waals surface area contributed by atoms with Crippen LogP contribution in [0.1, 0.15) is 0 Å². The normalized spacial score (nSPS) is 21.5. The Labute approximate surface area is 100 Å². The predicted molar refractivity (Wildman–Crippen MR) is 67.8 cm³/mol. The number of nitrogens with one attached hydrogen (secondary N) is 1. The van der Waals surface area contributed by atoms with E-state index in [0.29, 0.717) is 0 Å². The van der Waals surface area contributed by atoms with E-state index in [1.165, 1.54) is 0 Å². The zero-order valence-corrected chi connectivity index (χ0v) is 9.58. The Balaban J connectivity index is 1.84. The van der Waals surface area contributed by atoms with Crippen molar-refractivity contribution in [1.82, 2.24) is 15.4 Å². The Morgan fingerprint density at radius 1 is 1.00 bits per heavy atom. The molecule has 0 saturated carbocycles. The highest BCUT2D eigenvalue weighted by molar-refractivity contribution is 5.92. The Bertz CT molecular complexity index is 366. The summed E-state index contributed by atoms with van der Waals surface area (Å²) >= 11 is 0. The maximum absolute atomic E-state index is 5.70. The molecule has 0 aromatic carbocycles. The van der Waals surface area contributed by atoms with Gasteiger partial charge in [0.1, 0.15) is 0 Å². The zero-order valence-electron chi connectivity index (χ0n) is 9.58. The Morgan fingerprint density at radius 3 is 2.24 bits per heavy atom. The first-order chi connectivity index (χ1) is 8.24. The van der Waals surface area contributed by atoms with Gasteiger partial charge in [0.05, 0.1) is 13.1 Å². The van der Waals surface area contributed by atoms with Gasteiger partial charge in [-0.15, -0.1) is 5.10 Å². The number of hydrogen-bond donors (Lipinski definition) is 3. The molecule has 17 heavy (non-hydrogen) atoms. The van der Waals surface area contributed by atoms with Crippen LogP contribution in [0.15, 0.2) is 34.4 Å². The number of guanidine groups is 2. The van der Waals surface area contributed by atoms with E-state index in [-0.39, 0.29) is 11.9 Å². The molecule has 0 aromatic rings. The monoisotopic (exact) mass is 235 g/mol. The highest BCUT2D eigenvalue weighted by Crippen LogP contribution is 1.98. The summed E-state index contributed by atoms with van der Waals surface area (Å²) in [6.07, 6.45) is 8.15. The third-order valence-electron chi connectivity index (χ3n) is 2.37. The van der Waals surface area contributed by atoms with Crippen LogP contribution in [0.5, 0.6) is 0 Å². The van der Waals surface area contributed by atoms with Gasteiger partial charge in [0.2, 0.25) is 11.9 Å². The van der Waals surface area contributed by atoms with Crippen LogP contribution < -0.4 is 16.9 Å². The van der Waals surface area contributed by atoms with E-state index in [0.717, 1.165) is 26.2 Å². The molecule has 92 valence electrons. The van der Waals surface area contributed by atoms with Crippen LogP contribution in [-0.2, 0) is 0 Å². The molecule has 0 aliphatic carbocycles. The zero-order chi connectivity index (χ0) is 12.1. The van der Waals surface area contributed by atoms with Gasteiger partial charge in [0.15, 0.2) is 0 Å². The molecule has 2 rings (SSSR count). The van der Waals surface area contributed by atoms with Crippen molar-refractivity contribution in [2.24, 2.45) is 21.6 Å². The number of hydrazone groups is 1. The van der Waals surface area contributed by atoms with Gasteiger partial charge in [-0.1, -0.05) is 24.3 Å². The van der Waals surface area contributed by atoms with E-state index in [4.69, 9.17) is 11.5 Å². The molecule has 5 N–H and O–H groups in total. The number of aliphatic imine (C=N–C) groups is 1. The minimum Gasteiger partial charge on any atom is -0.368 e. The molecule has 0 aromatic heterocycles. The summed E-state index contributed by atoms with van der Waals surface area (Å²) in [5.74, 6) is 0.410. The molecule has 0 amide bonds. The molecule has 7 nitrogen and oxygen atoms in total. The summed E-state index contributed by atoms with van der Waals surface area (Å²) in [6, 6.07) is 0. The van der Waals surface area contributed by atoms with E-state index in [2.05, 4.69) is 15.5 Å². The lowest BCUT2D eigenvalue weighted by Crippen LogP contribution is -2.45. The molecule has 0 bridgehead atoms. The summed E-state index contributed by atoms with van der Waals surface area (Å²) in [5.41, 5.74) is 14.3. The molecule has 7 heteroatoms. The average molecular weight is 235 g/mol. The number of hydrazine groups is 1. The minimum atomic E-state index is 0.158. The van der Waals surface area contributed by atoms with Gasteiger partial charge in [-0.3, -0.25) is 10.4 Å². The van der Waals surface area contributed by atoms with Crippen molar-refractivity contribution in [3.05, 3.63) is 24.3 Å². The Kier molecular flexibility index (Phi) is 3.61. The molecule has 2 aliphatic heterocycles. The molecule has 0 spiro atoms. The summed E-state index contributed by atoms with van der Waals surface area (Å²) in [4.78, 5) is 3.98. The van der Waals surface area contributed by atoms with Gasteiger partial charge in [-0.05, 0) is 0 Å². The van der Waals surface area contributed by atoms with Crippen LogP contribution in [-0.4, -0.2) is 48.1 Å². The highest BCUT2D eigenvalue weighted by Gasteiger charge is 2.07. The van der Waals surface area contributed by atoms with Crippen molar-refractivity contribution >= 4 is 11.9 Å². The molecule has 0 unspecified atom stereocenters. The second-order valence-corrected chi connectivity index (χ2v) is 3.79. The van der Waals surface area contributed by atoms with Crippen LogP contribution in [0.25, 0.3) is 0 Å². The van der Waals surface area contributed by atoms with Crippen LogP contribution in [0.4, 0.5) is 0 Å². The summed E-state index contributed by atoms with van der Waals surface area (Å²) in [5, 5.41) is 7.84. The topological polar surface area (TPSA) is 95.3 Å². The predicted octanol–water partition coefficient (Wildman–Crippen LogP) is -1.22. The van der Waals surface area contributed by atoms with Crippen molar-refractivity contribution in [3.63, 3.8) is 0 Å². The standard InChI is InChI=1S/C10H17N7/c11-9(14-16-5-1-2-6-16)13-10(12)15-17-7-3-4-8-17/h1-4H,5-8H2,(H5,11,12,13,14,15). The second kappa shape index (κ2) is 5.35. The largest absolute Gasteiger partial charge is 0.368 e. The molecule has 0 radical (unpaired) electrons. The fourth-order valence-electron chi connectivity index (χ4n) is 1.60. The van der Waals surface area contributed by atoms with Gasteiger partial charge >= 0.3 is 0 Å². The second-order valence-electron chi connectivity index (χ2n) is 3.79. The van der Waals surface area contributed by atoms with E-state index >= 15 is 0 Å². The number of hydrogen-bond acceptors (Lipinski definition) is 3. The smallest absolute Gasteiger partial charge is 0.240 e. The van der Waals surface area contributed by atoms with Crippen molar-refractivity contribution in [1.29, 1.82) is 0 Å². The van der Waals surface area contributed by atoms with Crippen LogP contribution >= 0.6 is 0 Å². The third kappa shape index (κ3) is 3.49. The van der Waals surface area contributed by atoms with Gasteiger partial charge in [0.25, 0.3) is 0 Å². The minimum absolute atomic E-state index is 0.158. The van der Waals surface area contributed by atoms with E-state index in [1.54, 1.807) is 0 Å². The van der Waals surface area contributed by atoms with Crippen molar-refractivity contribution in [2.75, 3.05) is 26.2 Å². The van der Waals surface area contributed by atoms with E-state index < -0.39 is 0 Å². The molecular formula is C10H17N7. The summed E-state index contributed by atoms with van der Waals surface area (Å²) in [6.45, 7) is 3.14. The first kappa shape index (κ1) is 11.5. The molecule has 2 heterocycles.